The maximum absolute atomic E-state index is 4.29. The van der Waals surface area contributed by atoms with Gasteiger partial charge in [0.15, 0.2) is 5.65 Å². The molecule has 2 aromatic rings. The third-order valence-electron chi connectivity index (χ3n) is 3.00. The predicted molar refractivity (Wildman–Crippen MR) is 57.8 cm³/mol. The predicted octanol–water partition coefficient (Wildman–Crippen LogP) is 1.20. The van der Waals surface area contributed by atoms with Crippen molar-refractivity contribution in [3.63, 3.8) is 0 Å². The summed E-state index contributed by atoms with van der Waals surface area (Å²) >= 11 is 0. The van der Waals surface area contributed by atoms with Crippen molar-refractivity contribution in [1.82, 2.24) is 19.9 Å². The van der Waals surface area contributed by atoms with Crippen LogP contribution in [0.3, 0.4) is 0 Å². The van der Waals surface area contributed by atoms with E-state index < -0.39 is 0 Å². The number of hydrogen-bond acceptors (Lipinski definition) is 3. The third-order valence-corrected chi connectivity index (χ3v) is 3.00. The van der Waals surface area contributed by atoms with Crippen LogP contribution in [0.15, 0.2) is 24.4 Å². The lowest BCUT2D eigenvalue weighted by molar-refractivity contribution is 0.444. The van der Waals surface area contributed by atoms with Crippen LogP contribution in [0, 0.1) is 0 Å². The topological polar surface area (TPSA) is 42.2 Å². The summed E-state index contributed by atoms with van der Waals surface area (Å²) in [4.78, 5) is 0. The Labute approximate surface area is 88.3 Å². The van der Waals surface area contributed by atoms with Crippen molar-refractivity contribution in [2.45, 2.75) is 18.8 Å². The first kappa shape index (κ1) is 8.85. The molecule has 3 rings (SSSR count). The summed E-state index contributed by atoms with van der Waals surface area (Å²) in [6.07, 6.45) is 4.48. The van der Waals surface area contributed by atoms with Crippen molar-refractivity contribution in [2.24, 2.45) is 0 Å². The monoisotopic (exact) mass is 202 g/mol. The number of pyridine rings is 1. The molecule has 0 saturated carbocycles. The van der Waals surface area contributed by atoms with Crippen molar-refractivity contribution < 1.29 is 0 Å². The first-order valence-corrected chi connectivity index (χ1v) is 5.45. The van der Waals surface area contributed by atoms with Crippen LogP contribution in [-0.4, -0.2) is 27.7 Å². The smallest absolute Gasteiger partial charge is 0.160 e. The van der Waals surface area contributed by atoms with E-state index in [-0.39, 0.29) is 0 Å². The molecular formula is C11H14N4. The average molecular weight is 202 g/mol. The van der Waals surface area contributed by atoms with E-state index in [2.05, 4.69) is 19.9 Å². The molecule has 78 valence electrons. The van der Waals surface area contributed by atoms with Gasteiger partial charge in [-0.2, -0.15) is 0 Å². The first-order chi connectivity index (χ1) is 7.45. The van der Waals surface area contributed by atoms with Crippen LogP contribution in [0.5, 0.6) is 0 Å². The number of hydrogen-bond donors (Lipinski definition) is 1. The molecule has 4 heteroatoms. The zero-order valence-corrected chi connectivity index (χ0v) is 8.56. The lowest BCUT2D eigenvalue weighted by atomic mass is 9.99. The van der Waals surface area contributed by atoms with Crippen LogP contribution in [0.2, 0.25) is 0 Å². The summed E-state index contributed by atoms with van der Waals surface area (Å²) in [6, 6.07) is 6.01. The lowest BCUT2D eigenvalue weighted by Crippen LogP contribution is -2.29. The zero-order chi connectivity index (χ0) is 10.1. The van der Waals surface area contributed by atoms with Gasteiger partial charge in [0, 0.05) is 18.7 Å². The van der Waals surface area contributed by atoms with Crippen molar-refractivity contribution in [2.75, 3.05) is 13.1 Å². The molecule has 0 radical (unpaired) electrons. The summed E-state index contributed by atoms with van der Waals surface area (Å²) in [7, 11) is 0. The molecule has 1 unspecified atom stereocenters. The first-order valence-electron chi connectivity index (χ1n) is 5.45. The van der Waals surface area contributed by atoms with E-state index in [4.69, 9.17) is 0 Å². The second-order valence-electron chi connectivity index (χ2n) is 4.03. The largest absolute Gasteiger partial charge is 0.316 e. The molecule has 0 amide bonds. The van der Waals surface area contributed by atoms with Gasteiger partial charge in [-0.25, -0.2) is 0 Å². The molecule has 1 N–H and O–H groups in total. The van der Waals surface area contributed by atoms with E-state index in [0.29, 0.717) is 5.92 Å². The summed E-state index contributed by atoms with van der Waals surface area (Å²) in [5, 5.41) is 11.9. The molecule has 2 aromatic heterocycles. The SMILES string of the molecule is c1ccn2c(C3CCCNC3)nnc2c1. The molecule has 0 spiro atoms. The van der Waals surface area contributed by atoms with Gasteiger partial charge in [-0.05, 0) is 31.5 Å². The van der Waals surface area contributed by atoms with Gasteiger partial charge < -0.3 is 5.32 Å². The second-order valence-corrected chi connectivity index (χ2v) is 4.03. The number of nitrogens with zero attached hydrogens (tertiary/aromatic N) is 3. The van der Waals surface area contributed by atoms with Crippen LogP contribution in [0.25, 0.3) is 5.65 Å². The molecular weight excluding hydrogens is 188 g/mol. The number of aromatic nitrogens is 3. The Morgan fingerprint density at radius 1 is 1.33 bits per heavy atom. The minimum Gasteiger partial charge on any atom is -0.316 e. The summed E-state index contributed by atoms with van der Waals surface area (Å²) in [5.41, 5.74) is 0.943. The maximum Gasteiger partial charge on any atom is 0.160 e. The van der Waals surface area contributed by atoms with E-state index in [1.54, 1.807) is 0 Å². The van der Waals surface area contributed by atoms with Gasteiger partial charge >= 0.3 is 0 Å². The molecule has 1 fully saturated rings. The highest BCUT2D eigenvalue weighted by Crippen LogP contribution is 2.21. The Morgan fingerprint density at radius 2 is 2.33 bits per heavy atom. The molecule has 1 aliphatic heterocycles. The Bertz CT molecular complexity index is 456. The third kappa shape index (κ3) is 1.51. The Balaban J connectivity index is 2.02. The minimum absolute atomic E-state index is 0.510. The van der Waals surface area contributed by atoms with Gasteiger partial charge in [0.05, 0.1) is 0 Å². The molecule has 0 aliphatic carbocycles. The normalized spacial score (nSPS) is 22.0. The quantitative estimate of drug-likeness (QED) is 0.755. The Kier molecular flexibility index (Phi) is 2.14. The van der Waals surface area contributed by atoms with Gasteiger partial charge in [0.1, 0.15) is 5.82 Å². The minimum atomic E-state index is 0.510. The lowest BCUT2D eigenvalue weighted by Gasteiger charge is -2.20. The fraction of sp³-hybridized carbons (Fsp3) is 0.455. The van der Waals surface area contributed by atoms with Gasteiger partial charge in [-0.1, -0.05) is 6.07 Å². The number of rotatable bonds is 1. The van der Waals surface area contributed by atoms with E-state index in [1.807, 2.05) is 24.4 Å². The van der Waals surface area contributed by atoms with E-state index in [0.717, 1.165) is 24.6 Å². The Morgan fingerprint density at radius 3 is 3.20 bits per heavy atom. The van der Waals surface area contributed by atoms with Crippen LogP contribution in [-0.2, 0) is 0 Å². The van der Waals surface area contributed by atoms with Gasteiger partial charge in [0.25, 0.3) is 0 Å². The van der Waals surface area contributed by atoms with E-state index >= 15 is 0 Å². The highest BCUT2D eigenvalue weighted by molar-refractivity contribution is 5.37. The van der Waals surface area contributed by atoms with Gasteiger partial charge in [0.2, 0.25) is 0 Å². The average Bonchev–Trinajstić information content (AvgIpc) is 2.74. The molecule has 15 heavy (non-hydrogen) atoms. The molecule has 0 bridgehead atoms. The van der Waals surface area contributed by atoms with Crippen molar-refractivity contribution in [1.29, 1.82) is 0 Å². The second kappa shape index (κ2) is 3.62. The van der Waals surface area contributed by atoms with Crippen molar-refractivity contribution in [3.05, 3.63) is 30.2 Å². The molecule has 1 atom stereocenters. The highest BCUT2D eigenvalue weighted by atomic mass is 15.2. The summed E-state index contributed by atoms with van der Waals surface area (Å²) in [5.74, 6) is 1.61. The summed E-state index contributed by atoms with van der Waals surface area (Å²) in [6.45, 7) is 2.16. The van der Waals surface area contributed by atoms with Gasteiger partial charge in [-0.15, -0.1) is 10.2 Å². The van der Waals surface area contributed by atoms with Crippen molar-refractivity contribution in [3.8, 4) is 0 Å². The fourth-order valence-corrected chi connectivity index (χ4v) is 2.21. The molecule has 3 heterocycles. The fourth-order valence-electron chi connectivity index (χ4n) is 2.21. The molecule has 1 aliphatic rings. The highest BCUT2D eigenvalue weighted by Gasteiger charge is 2.19. The van der Waals surface area contributed by atoms with E-state index in [1.165, 1.54) is 12.8 Å². The molecule has 0 aromatic carbocycles. The van der Waals surface area contributed by atoms with E-state index in [9.17, 15) is 0 Å². The van der Waals surface area contributed by atoms with Crippen LogP contribution >= 0.6 is 0 Å². The number of nitrogens with one attached hydrogen (secondary N) is 1. The van der Waals surface area contributed by atoms with Crippen LogP contribution < -0.4 is 5.32 Å². The standard InChI is InChI=1S/C11H14N4/c1-2-7-15-10(5-1)13-14-11(15)9-4-3-6-12-8-9/h1-2,5,7,9,12H,3-4,6,8H2. The number of piperidine rings is 1. The van der Waals surface area contributed by atoms with Gasteiger partial charge in [-0.3, -0.25) is 4.40 Å². The van der Waals surface area contributed by atoms with Crippen molar-refractivity contribution >= 4 is 5.65 Å². The van der Waals surface area contributed by atoms with Crippen LogP contribution in [0.1, 0.15) is 24.6 Å². The molecule has 1 saturated heterocycles. The van der Waals surface area contributed by atoms with Crippen LogP contribution in [0.4, 0.5) is 0 Å². The maximum atomic E-state index is 4.29. The molecule has 4 nitrogen and oxygen atoms in total. The number of fused-ring (bicyclic) bond motifs is 1. The zero-order valence-electron chi connectivity index (χ0n) is 8.56. The summed E-state index contributed by atoms with van der Waals surface area (Å²) < 4.78 is 2.09. The Hall–Kier alpha value is -1.42.